The molecule has 28 heavy (non-hydrogen) atoms. The van der Waals surface area contributed by atoms with Crippen LogP contribution in [0.25, 0.3) is 0 Å². The highest BCUT2D eigenvalue weighted by Crippen LogP contribution is 2.48. The van der Waals surface area contributed by atoms with Gasteiger partial charge in [0.15, 0.2) is 11.6 Å². The molecule has 7 nitrogen and oxygen atoms in total. The first-order chi connectivity index (χ1) is 13.6. The number of anilines is 2. The van der Waals surface area contributed by atoms with Gasteiger partial charge in [0.05, 0.1) is 26.0 Å². The summed E-state index contributed by atoms with van der Waals surface area (Å²) in [5, 5.41) is 2.81. The Kier molecular flexibility index (Phi) is 5.99. The summed E-state index contributed by atoms with van der Waals surface area (Å²) in [6, 6.07) is 0.656. The van der Waals surface area contributed by atoms with E-state index in [1.165, 1.54) is 19.0 Å². The fourth-order valence-electron chi connectivity index (χ4n) is 5.41. The van der Waals surface area contributed by atoms with Crippen molar-refractivity contribution in [2.24, 2.45) is 11.3 Å². The Bertz CT molecular complexity index is 672. The van der Waals surface area contributed by atoms with Crippen molar-refractivity contribution in [1.29, 1.82) is 0 Å². The molecule has 3 fully saturated rings. The van der Waals surface area contributed by atoms with Crippen LogP contribution in [-0.2, 0) is 9.47 Å². The molecule has 0 spiro atoms. The third-order valence-corrected chi connectivity index (χ3v) is 6.90. The van der Waals surface area contributed by atoms with Crippen LogP contribution in [0, 0.1) is 17.2 Å². The van der Waals surface area contributed by atoms with Gasteiger partial charge in [-0.2, -0.15) is 4.98 Å². The Morgan fingerprint density at radius 2 is 2.14 bits per heavy atom. The van der Waals surface area contributed by atoms with Crippen molar-refractivity contribution < 1.29 is 13.9 Å². The molecule has 1 aliphatic carbocycles. The third-order valence-electron chi connectivity index (χ3n) is 6.90. The molecule has 0 radical (unpaired) electrons. The maximum Gasteiger partial charge on any atom is 0.227 e. The molecule has 1 saturated carbocycles. The second kappa shape index (κ2) is 8.47. The molecule has 3 heterocycles. The Morgan fingerprint density at radius 3 is 2.89 bits per heavy atom. The smallest absolute Gasteiger partial charge is 0.227 e. The van der Waals surface area contributed by atoms with E-state index in [0.29, 0.717) is 17.9 Å². The van der Waals surface area contributed by atoms with Gasteiger partial charge >= 0.3 is 0 Å². The van der Waals surface area contributed by atoms with Gasteiger partial charge in [0, 0.05) is 51.8 Å². The summed E-state index contributed by atoms with van der Waals surface area (Å²) < 4.78 is 25.0. The molecule has 156 valence electrons. The zero-order valence-corrected chi connectivity index (χ0v) is 17.0. The van der Waals surface area contributed by atoms with E-state index in [1.54, 1.807) is 14.2 Å². The van der Waals surface area contributed by atoms with Crippen LogP contribution >= 0.6 is 0 Å². The fourth-order valence-corrected chi connectivity index (χ4v) is 5.41. The lowest BCUT2D eigenvalue weighted by Crippen LogP contribution is -2.57. The molecule has 1 N–H and O–H groups in total. The zero-order chi connectivity index (χ0) is 19.6. The van der Waals surface area contributed by atoms with Crippen molar-refractivity contribution in [3.63, 3.8) is 0 Å². The second-order valence-corrected chi connectivity index (χ2v) is 8.40. The van der Waals surface area contributed by atoms with E-state index < -0.39 is 5.82 Å². The second-order valence-electron chi connectivity index (χ2n) is 8.40. The molecule has 0 aromatic carbocycles. The van der Waals surface area contributed by atoms with Gasteiger partial charge in [0.25, 0.3) is 0 Å². The monoisotopic (exact) mass is 393 g/mol. The fraction of sp³-hybridized carbons (Fsp3) is 0.800. The van der Waals surface area contributed by atoms with Crippen molar-refractivity contribution in [2.45, 2.75) is 31.7 Å². The van der Waals surface area contributed by atoms with Crippen molar-refractivity contribution in [3.8, 4) is 0 Å². The molecule has 8 heteroatoms. The molecule has 0 bridgehead atoms. The van der Waals surface area contributed by atoms with Crippen LogP contribution < -0.4 is 10.2 Å². The predicted molar refractivity (Wildman–Crippen MR) is 106 cm³/mol. The zero-order valence-electron chi connectivity index (χ0n) is 17.0. The minimum atomic E-state index is -0.418. The number of ether oxygens (including phenoxy) is 2. The third kappa shape index (κ3) is 3.82. The van der Waals surface area contributed by atoms with Gasteiger partial charge in [-0.15, -0.1) is 0 Å². The lowest BCUT2D eigenvalue weighted by molar-refractivity contribution is -0.0541. The molecular weight excluding hydrogens is 361 g/mol. The molecule has 1 aromatic heterocycles. The highest BCUT2D eigenvalue weighted by Gasteiger charge is 2.48. The lowest BCUT2D eigenvalue weighted by atomic mass is 9.62. The predicted octanol–water partition coefficient (Wildman–Crippen LogP) is 2.00. The topological polar surface area (TPSA) is 62.8 Å². The molecule has 2 aliphatic heterocycles. The van der Waals surface area contributed by atoms with E-state index in [1.807, 2.05) is 0 Å². The quantitative estimate of drug-likeness (QED) is 0.821. The maximum absolute atomic E-state index is 13.8. The van der Waals surface area contributed by atoms with Gasteiger partial charge in [-0.3, -0.25) is 4.90 Å². The highest BCUT2D eigenvalue weighted by molar-refractivity contribution is 5.42. The van der Waals surface area contributed by atoms with Crippen molar-refractivity contribution >= 4 is 11.8 Å². The number of morpholine rings is 1. The van der Waals surface area contributed by atoms with Crippen LogP contribution in [0.1, 0.15) is 25.7 Å². The van der Waals surface area contributed by atoms with E-state index in [0.717, 1.165) is 58.8 Å². The summed E-state index contributed by atoms with van der Waals surface area (Å²) in [7, 11) is 3.48. The minimum Gasteiger partial charge on any atom is -0.384 e. The van der Waals surface area contributed by atoms with E-state index in [4.69, 9.17) is 9.47 Å². The number of nitrogens with one attached hydrogen (secondary N) is 1. The van der Waals surface area contributed by atoms with Crippen LogP contribution in [0.4, 0.5) is 16.2 Å². The Hall–Kier alpha value is -1.51. The summed E-state index contributed by atoms with van der Waals surface area (Å²) in [6.07, 6.45) is 5.92. The largest absolute Gasteiger partial charge is 0.384 e. The average molecular weight is 394 g/mol. The summed E-state index contributed by atoms with van der Waals surface area (Å²) in [4.78, 5) is 13.5. The first-order valence-electron chi connectivity index (χ1n) is 10.4. The van der Waals surface area contributed by atoms with Crippen molar-refractivity contribution in [1.82, 2.24) is 14.9 Å². The van der Waals surface area contributed by atoms with Crippen LogP contribution in [0.15, 0.2) is 6.20 Å². The number of piperidine rings is 1. The van der Waals surface area contributed by atoms with Gasteiger partial charge < -0.3 is 19.7 Å². The van der Waals surface area contributed by atoms with Gasteiger partial charge in [0.1, 0.15) is 0 Å². The SMILES string of the molecule is CNc1nc(N2CC[C@H]3C[C@@H](N4CCOCC4)CC[C@]3(COC)C2)ncc1F. The van der Waals surface area contributed by atoms with Gasteiger partial charge in [0.2, 0.25) is 5.95 Å². The Labute approximate surface area is 166 Å². The molecule has 3 aliphatic rings. The summed E-state index contributed by atoms with van der Waals surface area (Å²) >= 11 is 0. The van der Waals surface area contributed by atoms with Crippen molar-refractivity contribution in [3.05, 3.63) is 12.0 Å². The van der Waals surface area contributed by atoms with Crippen LogP contribution in [0.2, 0.25) is 0 Å². The number of rotatable bonds is 5. The minimum absolute atomic E-state index is 0.118. The first-order valence-corrected chi connectivity index (χ1v) is 10.4. The number of nitrogens with zero attached hydrogens (tertiary/aromatic N) is 4. The lowest BCUT2D eigenvalue weighted by Gasteiger charge is -2.54. The number of aromatic nitrogens is 2. The van der Waals surface area contributed by atoms with Crippen LogP contribution in [0.5, 0.6) is 0 Å². The van der Waals surface area contributed by atoms with Gasteiger partial charge in [-0.25, -0.2) is 9.37 Å². The summed E-state index contributed by atoms with van der Waals surface area (Å²) in [5.74, 6) is 1.08. The summed E-state index contributed by atoms with van der Waals surface area (Å²) in [5.41, 5.74) is 0.118. The molecule has 2 saturated heterocycles. The summed E-state index contributed by atoms with van der Waals surface area (Å²) in [6.45, 7) is 6.34. The van der Waals surface area contributed by atoms with Crippen LogP contribution in [-0.4, -0.2) is 81.1 Å². The molecule has 0 amide bonds. The Balaban J connectivity index is 1.50. The van der Waals surface area contributed by atoms with E-state index >= 15 is 0 Å². The van der Waals surface area contributed by atoms with Gasteiger partial charge in [-0.05, 0) is 31.6 Å². The van der Waals surface area contributed by atoms with Crippen molar-refractivity contribution in [2.75, 3.05) is 70.4 Å². The molecule has 4 rings (SSSR count). The number of methoxy groups -OCH3 is 1. The molecule has 0 unspecified atom stereocenters. The number of hydrogen-bond acceptors (Lipinski definition) is 7. The van der Waals surface area contributed by atoms with E-state index in [9.17, 15) is 4.39 Å². The molecular formula is C20H32FN5O2. The van der Waals surface area contributed by atoms with Crippen LogP contribution in [0.3, 0.4) is 0 Å². The number of hydrogen-bond donors (Lipinski definition) is 1. The highest BCUT2D eigenvalue weighted by atomic mass is 19.1. The normalized spacial score (nSPS) is 31.5. The first kappa shape index (κ1) is 19.8. The average Bonchev–Trinajstić information content (AvgIpc) is 2.74. The molecule has 3 atom stereocenters. The van der Waals surface area contributed by atoms with E-state index in [-0.39, 0.29) is 11.2 Å². The van der Waals surface area contributed by atoms with E-state index in [2.05, 4.69) is 25.1 Å². The maximum atomic E-state index is 13.8. The standard InChI is InChI=1S/C20H32FN5O2/c1-22-18-17(21)12-23-19(24-18)26-6-4-15-11-16(25-7-9-28-10-8-25)3-5-20(15,13-26)14-27-2/h12,15-16H,3-11,13-14H2,1-2H3,(H,22,23,24)/t15-,16-,20+/m0/s1. The number of halogens is 1. The van der Waals surface area contributed by atoms with Gasteiger partial charge in [-0.1, -0.05) is 0 Å². The molecule has 1 aromatic rings. The number of fused-ring (bicyclic) bond motifs is 1. The Morgan fingerprint density at radius 1 is 1.32 bits per heavy atom.